The Morgan fingerprint density at radius 3 is 3.00 bits per heavy atom. The zero-order valence-electron chi connectivity index (χ0n) is 10.4. The highest BCUT2D eigenvalue weighted by Gasteiger charge is 2.29. The molecule has 0 bridgehead atoms. The van der Waals surface area contributed by atoms with Crippen LogP contribution in [-0.2, 0) is 4.74 Å². The maximum atomic E-state index is 12.2. The standard InChI is InChI=1S/C11H15N3O5/c1-7-4-13(5-9(6-15)19-7)11(16)10-2-8(3-12-10)14(17)18/h2-3,7,9,12,15H,4-6H2,1H3. The van der Waals surface area contributed by atoms with E-state index in [1.165, 1.54) is 17.2 Å². The van der Waals surface area contributed by atoms with E-state index in [2.05, 4.69) is 4.98 Å². The van der Waals surface area contributed by atoms with E-state index in [-0.39, 0.29) is 36.5 Å². The molecule has 2 rings (SSSR count). The average Bonchev–Trinajstić information content (AvgIpc) is 2.86. The van der Waals surface area contributed by atoms with Gasteiger partial charge in [0.1, 0.15) is 5.69 Å². The number of carbonyl (C=O) groups excluding carboxylic acids is 1. The summed E-state index contributed by atoms with van der Waals surface area (Å²) in [5.41, 5.74) is 0.0147. The van der Waals surface area contributed by atoms with Crippen molar-refractivity contribution >= 4 is 11.6 Å². The Balaban J connectivity index is 2.11. The number of hydrogen-bond donors (Lipinski definition) is 2. The summed E-state index contributed by atoms with van der Waals surface area (Å²) in [5, 5.41) is 19.7. The number of nitrogens with one attached hydrogen (secondary N) is 1. The van der Waals surface area contributed by atoms with Gasteiger partial charge in [-0.1, -0.05) is 0 Å². The van der Waals surface area contributed by atoms with Gasteiger partial charge in [-0.3, -0.25) is 14.9 Å². The molecule has 0 aliphatic carbocycles. The second-order valence-corrected chi connectivity index (χ2v) is 4.49. The third-order valence-electron chi connectivity index (χ3n) is 2.93. The molecule has 0 spiro atoms. The predicted molar refractivity (Wildman–Crippen MR) is 64.8 cm³/mol. The van der Waals surface area contributed by atoms with Crippen LogP contribution in [0.3, 0.4) is 0 Å². The normalized spacial score (nSPS) is 23.4. The number of morpholine rings is 1. The molecule has 0 aromatic carbocycles. The number of hydrogen-bond acceptors (Lipinski definition) is 5. The quantitative estimate of drug-likeness (QED) is 0.599. The summed E-state index contributed by atoms with van der Waals surface area (Å²) in [6, 6.07) is 1.20. The lowest BCUT2D eigenvalue weighted by molar-refractivity contribution is -0.384. The fourth-order valence-electron chi connectivity index (χ4n) is 2.09. The molecule has 0 saturated carbocycles. The molecule has 8 heteroatoms. The first-order valence-corrected chi connectivity index (χ1v) is 5.89. The van der Waals surface area contributed by atoms with E-state index in [4.69, 9.17) is 9.84 Å². The molecule has 1 amide bonds. The maximum Gasteiger partial charge on any atom is 0.287 e. The molecular weight excluding hydrogens is 254 g/mol. The molecular formula is C11H15N3O5. The smallest absolute Gasteiger partial charge is 0.287 e. The van der Waals surface area contributed by atoms with Gasteiger partial charge in [-0.05, 0) is 6.92 Å². The molecule has 2 heterocycles. The van der Waals surface area contributed by atoms with Gasteiger partial charge in [0.05, 0.1) is 29.9 Å². The second kappa shape index (κ2) is 5.37. The van der Waals surface area contributed by atoms with Gasteiger partial charge in [-0.15, -0.1) is 0 Å². The fraction of sp³-hybridized carbons (Fsp3) is 0.545. The van der Waals surface area contributed by atoms with E-state index in [1.54, 1.807) is 6.92 Å². The topological polar surface area (TPSA) is 109 Å². The largest absolute Gasteiger partial charge is 0.394 e. The molecule has 104 valence electrons. The fourth-order valence-corrected chi connectivity index (χ4v) is 2.09. The highest BCUT2D eigenvalue weighted by molar-refractivity contribution is 5.93. The zero-order valence-corrected chi connectivity index (χ0v) is 10.4. The van der Waals surface area contributed by atoms with Crippen LogP contribution in [0.25, 0.3) is 0 Å². The number of aromatic nitrogens is 1. The van der Waals surface area contributed by atoms with Crippen molar-refractivity contribution in [3.63, 3.8) is 0 Å². The van der Waals surface area contributed by atoms with E-state index in [0.717, 1.165) is 0 Å². The summed E-state index contributed by atoms with van der Waals surface area (Å²) >= 11 is 0. The van der Waals surface area contributed by atoms with E-state index >= 15 is 0 Å². The number of aromatic amines is 1. The molecule has 2 unspecified atom stereocenters. The van der Waals surface area contributed by atoms with Gasteiger partial charge in [0, 0.05) is 19.2 Å². The third-order valence-corrected chi connectivity index (χ3v) is 2.93. The molecule has 1 aromatic rings. The SMILES string of the molecule is CC1CN(C(=O)c2cc([N+](=O)[O-])c[nH]2)CC(CO)O1. The van der Waals surface area contributed by atoms with Crippen molar-refractivity contribution in [3.8, 4) is 0 Å². The lowest BCUT2D eigenvalue weighted by Gasteiger charge is -2.35. The second-order valence-electron chi connectivity index (χ2n) is 4.49. The van der Waals surface area contributed by atoms with E-state index < -0.39 is 11.0 Å². The molecule has 1 aliphatic heterocycles. The van der Waals surface area contributed by atoms with E-state index in [9.17, 15) is 14.9 Å². The molecule has 1 saturated heterocycles. The first-order chi connectivity index (χ1) is 9.01. The molecule has 1 aromatic heterocycles. The van der Waals surface area contributed by atoms with Crippen molar-refractivity contribution in [2.75, 3.05) is 19.7 Å². The van der Waals surface area contributed by atoms with Gasteiger partial charge >= 0.3 is 0 Å². The van der Waals surface area contributed by atoms with Crippen molar-refractivity contribution in [1.29, 1.82) is 0 Å². The van der Waals surface area contributed by atoms with E-state index in [0.29, 0.717) is 6.54 Å². The lowest BCUT2D eigenvalue weighted by Crippen LogP contribution is -2.50. The molecule has 0 radical (unpaired) electrons. The van der Waals surface area contributed by atoms with Crippen LogP contribution in [0.5, 0.6) is 0 Å². The van der Waals surface area contributed by atoms with Crippen molar-refractivity contribution in [2.24, 2.45) is 0 Å². The van der Waals surface area contributed by atoms with Gasteiger partial charge in [-0.25, -0.2) is 0 Å². The number of H-pyrrole nitrogens is 1. The minimum absolute atomic E-state index is 0.150. The summed E-state index contributed by atoms with van der Waals surface area (Å²) < 4.78 is 5.43. The van der Waals surface area contributed by atoms with Gasteiger partial charge in [-0.2, -0.15) is 0 Å². The molecule has 1 aliphatic rings. The number of aliphatic hydroxyl groups excluding tert-OH is 1. The van der Waals surface area contributed by atoms with Crippen molar-refractivity contribution in [3.05, 3.63) is 28.1 Å². The van der Waals surface area contributed by atoms with Crippen molar-refractivity contribution < 1.29 is 19.6 Å². The molecule has 8 nitrogen and oxygen atoms in total. The van der Waals surface area contributed by atoms with Crippen LogP contribution in [0, 0.1) is 10.1 Å². The number of nitro groups is 1. The van der Waals surface area contributed by atoms with Gasteiger partial charge in [0.15, 0.2) is 0 Å². The zero-order chi connectivity index (χ0) is 14.0. The molecule has 2 atom stereocenters. The van der Waals surface area contributed by atoms with Gasteiger partial charge in [0.2, 0.25) is 0 Å². The highest BCUT2D eigenvalue weighted by Crippen LogP contribution is 2.17. The monoisotopic (exact) mass is 269 g/mol. The minimum Gasteiger partial charge on any atom is -0.394 e. The van der Waals surface area contributed by atoms with Crippen LogP contribution in [0.15, 0.2) is 12.3 Å². The Morgan fingerprint density at radius 2 is 2.42 bits per heavy atom. The summed E-state index contributed by atoms with van der Waals surface area (Å²) in [5.74, 6) is -0.332. The van der Waals surface area contributed by atoms with Crippen LogP contribution in [-0.4, -0.2) is 57.7 Å². The summed E-state index contributed by atoms with van der Waals surface area (Å²) in [4.78, 5) is 26.3. The predicted octanol–water partition coefficient (Wildman–Crippen LogP) is 0.145. The summed E-state index contributed by atoms with van der Waals surface area (Å²) in [6.07, 6.45) is 0.582. The van der Waals surface area contributed by atoms with Crippen molar-refractivity contribution in [2.45, 2.75) is 19.1 Å². The molecule has 1 fully saturated rings. The van der Waals surface area contributed by atoms with Gasteiger partial charge < -0.3 is 19.7 Å². The van der Waals surface area contributed by atoms with Gasteiger partial charge in [0.25, 0.3) is 11.6 Å². The Kier molecular flexibility index (Phi) is 3.82. The molecule has 2 N–H and O–H groups in total. The number of amides is 1. The lowest BCUT2D eigenvalue weighted by atomic mass is 10.2. The van der Waals surface area contributed by atoms with Crippen LogP contribution in [0.1, 0.15) is 17.4 Å². The third kappa shape index (κ3) is 2.91. The van der Waals surface area contributed by atoms with E-state index in [1.807, 2.05) is 0 Å². The first kappa shape index (κ1) is 13.5. The minimum atomic E-state index is -0.564. The number of rotatable bonds is 3. The first-order valence-electron chi connectivity index (χ1n) is 5.89. The summed E-state index contributed by atoms with van der Waals surface area (Å²) in [6.45, 7) is 2.30. The Labute approximate surface area is 109 Å². The Hall–Kier alpha value is -1.93. The summed E-state index contributed by atoms with van der Waals surface area (Å²) in [7, 11) is 0. The highest BCUT2D eigenvalue weighted by atomic mass is 16.6. The average molecular weight is 269 g/mol. The number of carbonyl (C=O) groups is 1. The number of nitrogens with zero attached hydrogens (tertiary/aromatic N) is 2. The van der Waals surface area contributed by atoms with Crippen LogP contribution in [0.4, 0.5) is 5.69 Å². The molecule has 19 heavy (non-hydrogen) atoms. The van der Waals surface area contributed by atoms with Crippen LogP contribution >= 0.6 is 0 Å². The maximum absolute atomic E-state index is 12.2. The number of aliphatic hydroxyl groups is 1. The Bertz CT molecular complexity index is 486. The van der Waals surface area contributed by atoms with Crippen LogP contribution < -0.4 is 0 Å². The Morgan fingerprint density at radius 1 is 1.68 bits per heavy atom. The van der Waals surface area contributed by atoms with Crippen molar-refractivity contribution in [1.82, 2.24) is 9.88 Å². The van der Waals surface area contributed by atoms with Crippen LogP contribution in [0.2, 0.25) is 0 Å². The number of ether oxygens (including phenoxy) is 1.